The first-order valence-electron chi connectivity index (χ1n) is 8.20. The number of aliphatic hydroxyl groups is 1. The molecule has 1 fully saturated rings. The number of hydrogen-bond donors (Lipinski definition) is 1. The van der Waals surface area contributed by atoms with Crippen molar-refractivity contribution < 1.29 is 28.8 Å². The highest BCUT2D eigenvalue weighted by atomic mass is 35.5. The summed E-state index contributed by atoms with van der Waals surface area (Å²) in [7, 11) is 0. The average Bonchev–Trinajstić information content (AvgIpc) is 3.12. The van der Waals surface area contributed by atoms with Crippen LogP contribution in [0, 0.1) is 0 Å². The predicted molar refractivity (Wildman–Crippen MR) is 95.0 cm³/mol. The maximum Gasteiger partial charge on any atom is 0.331 e. The van der Waals surface area contributed by atoms with Crippen LogP contribution < -0.4 is 0 Å². The quantitative estimate of drug-likeness (QED) is 0.737. The number of ether oxygens (including phenoxy) is 4. The Labute approximate surface area is 161 Å². The fourth-order valence-corrected chi connectivity index (χ4v) is 3.51. The van der Waals surface area contributed by atoms with Gasteiger partial charge in [0.2, 0.25) is 0 Å². The van der Waals surface area contributed by atoms with Crippen molar-refractivity contribution in [3.63, 3.8) is 0 Å². The van der Waals surface area contributed by atoms with Crippen molar-refractivity contribution in [1.29, 1.82) is 0 Å². The van der Waals surface area contributed by atoms with E-state index in [0.717, 1.165) is 0 Å². The number of cyclic esters (lactones) is 1. The molecule has 142 valence electrons. The Morgan fingerprint density at radius 2 is 2.04 bits per heavy atom. The van der Waals surface area contributed by atoms with Crippen LogP contribution in [0.1, 0.15) is 19.4 Å². The summed E-state index contributed by atoms with van der Waals surface area (Å²) in [6, 6.07) is 5.19. The van der Waals surface area contributed by atoms with Crippen LogP contribution in [0.2, 0.25) is 10.0 Å². The summed E-state index contributed by atoms with van der Waals surface area (Å²) in [5, 5.41) is 10.5. The zero-order valence-corrected chi connectivity index (χ0v) is 15.9. The van der Waals surface area contributed by atoms with Gasteiger partial charge in [-0.05, 0) is 26.0 Å². The van der Waals surface area contributed by atoms with Gasteiger partial charge in [-0.2, -0.15) is 0 Å². The number of esters is 1. The molecule has 0 radical (unpaired) electrons. The Bertz CT molecular complexity index is 697. The number of benzene rings is 1. The second-order valence-electron chi connectivity index (χ2n) is 6.55. The Morgan fingerprint density at radius 1 is 1.35 bits per heavy atom. The van der Waals surface area contributed by atoms with E-state index in [1.54, 1.807) is 32.0 Å². The highest BCUT2D eigenvalue weighted by molar-refractivity contribution is 6.35. The molecule has 3 atom stereocenters. The summed E-state index contributed by atoms with van der Waals surface area (Å²) in [5.74, 6) is -1.30. The fraction of sp³-hybridized carbons (Fsp3) is 0.500. The highest BCUT2D eigenvalue weighted by Gasteiger charge is 2.43. The molecule has 2 heterocycles. The molecule has 2 aliphatic heterocycles. The average molecular weight is 403 g/mol. The largest absolute Gasteiger partial charge is 0.452 e. The van der Waals surface area contributed by atoms with Crippen molar-refractivity contribution >= 4 is 29.2 Å². The lowest BCUT2D eigenvalue weighted by molar-refractivity contribution is -0.156. The van der Waals surface area contributed by atoms with Gasteiger partial charge in [-0.3, -0.25) is 0 Å². The van der Waals surface area contributed by atoms with Gasteiger partial charge in [-0.1, -0.05) is 29.3 Å². The number of hydrogen-bond acceptors (Lipinski definition) is 6. The minimum Gasteiger partial charge on any atom is -0.452 e. The minimum atomic E-state index is -0.776. The Morgan fingerprint density at radius 3 is 2.62 bits per heavy atom. The minimum absolute atomic E-state index is 0.104. The number of halogens is 2. The zero-order chi connectivity index (χ0) is 18.9. The van der Waals surface area contributed by atoms with Crippen molar-refractivity contribution in [3.8, 4) is 0 Å². The first-order chi connectivity index (χ1) is 12.3. The van der Waals surface area contributed by atoms with Gasteiger partial charge >= 0.3 is 5.97 Å². The Balaban J connectivity index is 1.84. The van der Waals surface area contributed by atoms with E-state index in [1.807, 2.05) is 0 Å². The van der Waals surface area contributed by atoms with Crippen LogP contribution in [0.15, 0.2) is 29.8 Å². The van der Waals surface area contributed by atoms with E-state index in [-0.39, 0.29) is 19.8 Å². The normalized spacial score (nSPS) is 25.9. The Kier molecular flexibility index (Phi) is 5.91. The van der Waals surface area contributed by atoms with Gasteiger partial charge in [0, 0.05) is 27.3 Å². The van der Waals surface area contributed by atoms with Crippen LogP contribution in [0.25, 0.3) is 0 Å². The van der Waals surface area contributed by atoms with E-state index < -0.39 is 30.1 Å². The van der Waals surface area contributed by atoms with Crippen LogP contribution in [0.3, 0.4) is 0 Å². The van der Waals surface area contributed by atoms with E-state index in [2.05, 4.69) is 0 Å². The molecule has 1 aromatic carbocycles. The van der Waals surface area contributed by atoms with Crippen molar-refractivity contribution in [1.82, 2.24) is 0 Å². The highest BCUT2D eigenvalue weighted by Crippen LogP contribution is 2.33. The number of carbonyl (C=O) groups excluding carboxylic acids is 1. The van der Waals surface area contributed by atoms with Gasteiger partial charge in [0.25, 0.3) is 0 Å². The lowest BCUT2D eigenvalue weighted by Gasteiger charge is -2.27. The smallest absolute Gasteiger partial charge is 0.331 e. The van der Waals surface area contributed by atoms with Crippen molar-refractivity contribution in [2.45, 2.75) is 44.6 Å². The van der Waals surface area contributed by atoms with Crippen molar-refractivity contribution in [2.75, 3.05) is 13.2 Å². The summed E-state index contributed by atoms with van der Waals surface area (Å²) in [6.07, 6.45) is -0.579. The summed E-state index contributed by atoms with van der Waals surface area (Å²) in [4.78, 5) is 11.7. The lowest BCUT2D eigenvalue weighted by atomic mass is 10.00. The molecule has 0 bridgehead atoms. The molecule has 2 aliphatic rings. The second kappa shape index (κ2) is 7.84. The topological polar surface area (TPSA) is 74.2 Å². The standard InChI is InChI=1S/C18H20Cl2O6/c1-18(2)24-9-15(26-18)17(10-6-16(22)25-14(10)7-21)23-8-11-12(19)4-3-5-13(11)20/h3-6,14-15,17,21H,7-9H2,1-2H3/t14-,15-,17+/m1/s1. The summed E-state index contributed by atoms with van der Waals surface area (Å²) in [6.45, 7) is 3.62. The van der Waals surface area contributed by atoms with Crippen LogP contribution in [-0.4, -0.2) is 48.4 Å². The van der Waals surface area contributed by atoms with Crippen molar-refractivity contribution in [2.24, 2.45) is 0 Å². The molecule has 3 rings (SSSR count). The van der Waals surface area contributed by atoms with Gasteiger partial charge in [-0.25, -0.2) is 4.79 Å². The second-order valence-corrected chi connectivity index (χ2v) is 7.37. The molecule has 0 aliphatic carbocycles. The molecule has 0 spiro atoms. The number of aliphatic hydroxyl groups excluding tert-OH is 1. The SMILES string of the molecule is CC1(C)OC[C@H]([C@@H](OCc2c(Cl)cccc2Cl)C2=CC(=O)O[C@@H]2CO)O1. The predicted octanol–water partition coefficient (Wildman–Crippen LogP) is 2.87. The van der Waals surface area contributed by atoms with Crippen LogP contribution in [0.4, 0.5) is 0 Å². The van der Waals surface area contributed by atoms with E-state index >= 15 is 0 Å². The van der Waals surface area contributed by atoms with Crippen LogP contribution in [0.5, 0.6) is 0 Å². The first-order valence-corrected chi connectivity index (χ1v) is 8.95. The lowest BCUT2D eigenvalue weighted by Crippen LogP contribution is -2.38. The molecular weight excluding hydrogens is 383 g/mol. The molecule has 26 heavy (non-hydrogen) atoms. The zero-order valence-electron chi connectivity index (χ0n) is 14.4. The van der Waals surface area contributed by atoms with Gasteiger partial charge in [0.15, 0.2) is 5.79 Å². The van der Waals surface area contributed by atoms with Gasteiger partial charge in [0.05, 0.1) is 19.8 Å². The molecule has 0 aromatic heterocycles. The first kappa shape index (κ1) is 19.6. The molecular formula is C18H20Cl2O6. The third-order valence-electron chi connectivity index (χ3n) is 4.25. The molecule has 1 saturated heterocycles. The van der Waals surface area contributed by atoms with Gasteiger partial charge in [-0.15, -0.1) is 0 Å². The number of carbonyl (C=O) groups is 1. The maximum atomic E-state index is 11.7. The summed E-state index contributed by atoms with van der Waals surface area (Å²) >= 11 is 12.4. The van der Waals surface area contributed by atoms with Gasteiger partial charge in [0.1, 0.15) is 18.3 Å². The van der Waals surface area contributed by atoms with E-state index in [0.29, 0.717) is 21.2 Å². The molecule has 0 unspecified atom stereocenters. The van der Waals surface area contributed by atoms with E-state index in [9.17, 15) is 9.90 Å². The van der Waals surface area contributed by atoms with E-state index in [4.69, 9.17) is 42.1 Å². The fourth-order valence-electron chi connectivity index (χ4n) is 3.01. The monoisotopic (exact) mass is 402 g/mol. The van der Waals surface area contributed by atoms with Crippen LogP contribution >= 0.6 is 23.2 Å². The molecule has 8 heteroatoms. The van der Waals surface area contributed by atoms with Crippen LogP contribution in [-0.2, 0) is 30.3 Å². The molecule has 0 saturated carbocycles. The molecule has 0 amide bonds. The third kappa shape index (κ3) is 4.22. The Hall–Kier alpha value is -1.15. The molecule has 1 N–H and O–H groups in total. The summed E-state index contributed by atoms with van der Waals surface area (Å²) in [5.41, 5.74) is 1.14. The molecule has 1 aromatic rings. The number of rotatable bonds is 6. The van der Waals surface area contributed by atoms with Crippen molar-refractivity contribution in [3.05, 3.63) is 45.5 Å². The third-order valence-corrected chi connectivity index (χ3v) is 4.95. The molecule has 6 nitrogen and oxygen atoms in total. The maximum absolute atomic E-state index is 11.7. The van der Waals surface area contributed by atoms with E-state index in [1.165, 1.54) is 6.08 Å². The van der Waals surface area contributed by atoms with Gasteiger partial charge < -0.3 is 24.1 Å². The summed E-state index contributed by atoms with van der Waals surface area (Å²) < 4.78 is 22.7.